The molecule has 0 aliphatic heterocycles. The van der Waals surface area contributed by atoms with E-state index in [1.165, 1.54) is 13.2 Å². The highest BCUT2D eigenvalue weighted by Crippen LogP contribution is 2.39. The molecule has 106 valence electrons. The molecule has 0 heterocycles. The number of ether oxygens (including phenoxy) is 1. The van der Waals surface area contributed by atoms with Crippen LogP contribution in [0.1, 0.15) is 19.8 Å². The number of rotatable bonds is 6. The molecule has 1 aromatic carbocycles. The second-order valence-corrected chi connectivity index (χ2v) is 6.84. The predicted octanol–water partition coefficient (Wildman–Crippen LogP) is 1.13. The lowest BCUT2D eigenvalue weighted by atomic mass is 10.0. The van der Waals surface area contributed by atoms with Crippen molar-refractivity contribution in [1.82, 2.24) is 4.72 Å². The molecule has 0 radical (unpaired) electrons. The first kappa shape index (κ1) is 14.3. The molecule has 2 rings (SSSR count). The molecule has 5 nitrogen and oxygen atoms in total. The summed E-state index contributed by atoms with van der Waals surface area (Å²) in [5.74, 6) is 0.480. The number of methoxy groups -OCH3 is 1. The molecule has 1 saturated carbocycles. The van der Waals surface area contributed by atoms with Crippen molar-refractivity contribution in [2.45, 2.75) is 30.3 Å². The Morgan fingerprint density at radius 2 is 2.05 bits per heavy atom. The van der Waals surface area contributed by atoms with Crippen molar-refractivity contribution in [1.29, 1.82) is 0 Å². The molecule has 1 fully saturated rings. The van der Waals surface area contributed by atoms with Crippen LogP contribution in [0.15, 0.2) is 29.2 Å². The molecule has 19 heavy (non-hydrogen) atoms. The second-order valence-electron chi connectivity index (χ2n) is 5.11. The highest BCUT2D eigenvalue weighted by atomic mass is 32.2. The Hall–Kier alpha value is -1.11. The van der Waals surface area contributed by atoms with Crippen LogP contribution in [0.25, 0.3) is 0 Å². The van der Waals surface area contributed by atoms with Gasteiger partial charge in [0.15, 0.2) is 0 Å². The van der Waals surface area contributed by atoms with Gasteiger partial charge < -0.3 is 9.84 Å². The van der Waals surface area contributed by atoms with Crippen molar-refractivity contribution in [3.8, 4) is 5.75 Å². The lowest BCUT2D eigenvalue weighted by molar-refractivity contribution is 0.0422. The molecule has 6 heteroatoms. The van der Waals surface area contributed by atoms with E-state index in [9.17, 15) is 13.5 Å². The molecule has 0 amide bonds. The standard InChI is InChI=1S/C13H19NO4S/c1-13(15,10-7-8-10)9-14-19(16,17)12-6-4-3-5-11(12)18-2/h3-6,10,14-15H,7-9H2,1-2H3/t13-/m1/s1. The highest BCUT2D eigenvalue weighted by molar-refractivity contribution is 7.89. The third kappa shape index (κ3) is 3.26. The van der Waals surface area contributed by atoms with Gasteiger partial charge in [-0.15, -0.1) is 0 Å². The fourth-order valence-corrected chi connectivity index (χ4v) is 3.32. The minimum Gasteiger partial charge on any atom is -0.495 e. The van der Waals surface area contributed by atoms with Crippen LogP contribution in [0.3, 0.4) is 0 Å². The molecule has 0 saturated heterocycles. The molecular formula is C13H19NO4S. The smallest absolute Gasteiger partial charge is 0.244 e. The third-order valence-electron chi connectivity index (χ3n) is 3.44. The average Bonchev–Trinajstić information content (AvgIpc) is 3.21. The number of hydrogen-bond acceptors (Lipinski definition) is 4. The van der Waals surface area contributed by atoms with E-state index in [-0.39, 0.29) is 17.4 Å². The van der Waals surface area contributed by atoms with Crippen LogP contribution in [-0.2, 0) is 10.0 Å². The van der Waals surface area contributed by atoms with Crippen LogP contribution in [0.5, 0.6) is 5.75 Å². The van der Waals surface area contributed by atoms with Gasteiger partial charge in [-0.05, 0) is 37.8 Å². The lowest BCUT2D eigenvalue weighted by Gasteiger charge is -2.23. The van der Waals surface area contributed by atoms with Gasteiger partial charge in [-0.2, -0.15) is 0 Å². The first-order valence-electron chi connectivity index (χ1n) is 6.22. The number of aliphatic hydroxyl groups is 1. The summed E-state index contributed by atoms with van der Waals surface area (Å²) >= 11 is 0. The maximum Gasteiger partial charge on any atom is 0.244 e. The minimum atomic E-state index is -3.68. The van der Waals surface area contributed by atoms with E-state index in [1.807, 2.05) is 0 Å². The van der Waals surface area contributed by atoms with Gasteiger partial charge in [0.25, 0.3) is 0 Å². The van der Waals surface area contributed by atoms with Gasteiger partial charge in [-0.3, -0.25) is 0 Å². The van der Waals surface area contributed by atoms with Gasteiger partial charge in [-0.25, -0.2) is 13.1 Å². The number of para-hydroxylation sites is 1. The van der Waals surface area contributed by atoms with Crippen LogP contribution in [0.2, 0.25) is 0 Å². The fourth-order valence-electron chi connectivity index (χ4n) is 2.01. The van der Waals surface area contributed by atoms with E-state index < -0.39 is 15.6 Å². The summed E-state index contributed by atoms with van der Waals surface area (Å²) in [6, 6.07) is 6.41. The molecule has 1 aliphatic rings. The predicted molar refractivity (Wildman–Crippen MR) is 71.5 cm³/mol. The molecule has 1 aromatic rings. The van der Waals surface area contributed by atoms with E-state index in [0.717, 1.165) is 12.8 Å². The summed E-state index contributed by atoms with van der Waals surface area (Å²) in [6.45, 7) is 1.67. The highest BCUT2D eigenvalue weighted by Gasteiger charge is 2.40. The Labute approximate surface area is 113 Å². The topological polar surface area (TPSA) is 75.6 Å². The maximum atomic E-state index is 12.2. The first-order chi connectivity index (χ1) is 8.87. The van der Waals surface area contributed by atoms with Crippen molar-refractivity contribution in [3.63, 3.8) is 0 Å². The second kappa shape index (κ2) is 5.11. The summed E-state index contributed by atoms with van der Waals surface area (Å²) in [6.07, 6.45) is 1.90. The maximum absolute atomic E-state index is 12.2. The van der Waals surface area contributed by atoms with Crippen molar-refractivity contribution < 1.29 is 18.3 Å². The fraction of sp³-hybridized carbons (Fsp3) is 0.538. The number of hydrogen-bond donors (Lipinski definition) is 2. The molecule has 1 aliphatic carbocycles. The van der Waals surface area contributed by atoms with Gasteiger partial charge in [0.05, 0.1) is 12.7 Å². The van der Waals surface area contributed by atoms with E-state index in [1.54, 1.807) is 25.1 Å². The Kier molecular flexibility index (Phi) is 3.85. The summed E-state index contributed by atoms with van der Waals surface area (Å²) in [7, 11) is -2.25. The van der Waals surface area contributed by atoms with Crippen LogP contribution >= 0.6 is 0 Å². The van der Waals surface area contributed by atoms with Crippen molar-refractivity contribution in [2.75, 3.05) is 13.7 Å². The van der Waals surface area contributed by atoms with E-state index in [4.69, 9.17) is 4.74 Å². The van der Waals surface area contributed by atoms with Crippen LogP contribution < -0.4 is 9.46 Å². The lowest BCUT2D eigenvalue weighted by Crippen LogP contribution is -2.42. The molecule has 0 bridgehead atoms. The van der Waals surface area contributed by atoms with Gasteiger partial charge in [-0.1, -0.05) is 12.1 Å². The summed E-state index contributed by atoms with van der Waals surface area (Å²) in [5.41, 5.74) is -0.991. The largest absolute Gasteiger partial charge is 0.495 e. The van der Waals surface area contributed by atoms with E-state index in [2.05, 4.69) is 4.72 Å². The summed E-state index contributed by atoms with van der Waals surface area (Å²) in [4.78, 5) is 0.0871. The Morgan fingerprint density at radius 3 is 2.63 bits per heavy atom. The summed E-state index contributed by atoms with van der Waals surface area (Å²) in [5, 5.41) is 10.1. The zero-order valence-electron chi connectivity index (χ0n) is 11.1. The van der Waals surface area contributed by atoms with Crippen LogP contribution in [0.4, 0.5) is 0 Å². The zero-order chi connectivity index (χ0) is 14.1. The quantitative estimate of drug-likeness (QED) is 0.821. The number of nitrogens with one attached hydrogen (secondary N) is 1. The van der Waals surface area contributed by atoms with Crippen molar-refractivity contribution >= 4 is 10.0 Å². The monoisotopic (exact) mass is 285 g/mol. The van der Waals surface area contributed by atoms with Gasteiger partial charge in [0.1, 0.15) is 10.6 Å². The van der Waals surface area contributed by atoms with Crippen LogP contribution in [-0.4, -0.2) is 32.8 Å². The van der Waals surface area contributed by atoms with E-state index in [0.29, 0.717) is 5.75 Å². The molecule has 0 aromatic heterocycles. The molecule has 0 unspecified atom stereocenters. The Bertz CT molecular complexity index is 550. The minimum absolute atomic E-state index is 0.0120. The average molecular weight is 285 g/mol. The van der Waals surface area contributed by atoms with Crippen LogP contribution in [0, 0.1) is 5.92 Å². The summed E-state index contributed by atoms with van der Waals surface area (Å²) < 4.78 is 31.9. The van der Waals surface area contributed by atoms with Crippen molar-refractivity contribution in [2.24, 2.45) is 5.92 Å². The molecule has 2 N–H and O–H groups in total. The number of benzene rings is 1. The molecule has 0 spiro atoms. The first-order valence-corrected chi connectivity index (χ1v) is 7.70. The van der Waals surface area contributed by atoms with Crippen molar-refractivity contribution in [3.05, 3.63) is 24.3 Å². The molecular weight excluding hydrogens is 266 g/mol. The Morgan fingerprint density at radius 1 is 1.42 bits per heavy atom. The number of sulfonamides is 1. The van der Waals surface area contributed by atoms with Gasteiger partial charge in [0, 0.05) is 6.54 Å². The van der Waals surface area contributed by atoms with Gasteiger partial charge >= 0.3 is 0 Å². The SMILES string of the molecule is COc1ccccc1S(=O)(=O)NC[C@@](C)(O)C1CC1. The Balaban J connectivity index is 2.14. The zero-order valence-corrected chi connectivity index (χ0v) is 11.9. The third-order valence-corrected chi connectivity index (χ3v) is 4.88. The normalized spacial score (nSPS) is 18.9. The van der Waals surface area contributed by atoms with Gasteiger partial charge in [0.2, 0.25) is 10.0 Å². The molecule has 1 atom stereocenters. The van der Waals surface area contributed by atoms with E-state index >= 15 is 0 Å².